The quantitative estimate of drug-likeness (QED) is 0.736. The van der Waals surface area contributed by atoms with Gasteiger partial charge in [-0.25, -0.2) is 0 Å². The number of carbonyl (C=O) groups excluding carboxylic acids is 1. The lowest BCUT2D eigenvalue weighted by Gasteiger charge is -2.29. The summed E-state index contributed by atoms with van der Waals surface area (Å²) in [4.78, 5) is 18.9. The number of likely N-dealkylation sites (N-methyl/N-ethyl adjacent to an activating group) is 2. The number of aliphatic hydroxyl groups excluding tert-OH is 1. The predicted octanol–water partition coefficient (Wildman–Crippen LogP) is 0.347. The van der Waals surface area contributed by atoms with Crippen molar-refractivity contribution < 1.29 is 9.90 Å². The normalized spacial score (nSPS) is 26.7. The van der Waals surface area contributed by atoms with Crippen LogP contribution in [0.2, 0.25) is 0 Å². The van der Waals surface area contributed by atoms with Gasteiger partial charge >= 0.3 is 0 Å². The maximum Gasteiger partial charge on any atom is 0.225 e. The molecule has 0 bridgehead atoms. The van der Waals surface area contributed by atoms with Gasteiger partial charge in [-0.05, 0) is 39.9 Å². The van der Waals surface area contributed by atoms with Crippen molar-refractivity contribution in [2.75, 3.05) is 60.5 Å². The van der Waals surface area contributed by atoms with Crippen molar-refractivity contribution in [3.63, 3.8) is 0 Å². The molecule has 0 aromatic rings. The smallest absolute Gasteiger partial charge is 0.225 e. The molecule has 2 fully saturated rings. The Hall–Kier alpha value is -0.650. The Morgan fingerprint density at radius 2 is 1.81 bits per heavy atom. The first kappa shape index (κ1) is 16.7. The van der Waals surface area contributed by atoms with E-state index in [-0.39, 0.29) is 18.4 Å². The number of aliphatic hydroxyl groups is 1. The zero-order valence-electron chi connectivity index (χ0n) is 13.8. The average Bonchev–Trinajstić information content (AvgIpc) is 2.77. The number of hydrogen-bond acceptors (Lipinski definition) is 4. The Bertz CT molecular complexity index is 344. The van der Waals surface area contributed by atoms with E-state index < -0.39 is 0 Å². The predicted molar refractivity (Wildman–Crippen MR) is 84.0 cm³/mol. The lowest BCUT2D eigenvalue weighted by atomic mass is 9.84. The van der Waals surface area contributed by atoms with Gasteiger partial charge in [-0.2, -0.15) is 0 Å². The molecule has 2 aliphatic rings. The van der Waals surface area contributed by atoms with E-state index in [1.807, 2.05) is 4.90 Å². The third-order valence-corrected chi connectivity index (χ3v) is 5.05. The van der Waals surface area contributed by atoms with Gasteiger partial charge in [0.2, 0.25) is 5.91 Å². The highest BCUT2D eigenvalue weighted by Crippen LogP contribution is 2.32. The first-order valence-corrected chi connectivity index (χ1v) is 8.24. The molecule has 1 N–H and O–H groups in total. The van der Waals surface area contributed by atoms with Gasteiger partial charge in [-0.15, -0.1) is 0 Å². The van der Waals surface area contributed by atoms with Crippen molar-refractivity contribution in [2.45, 2.75) is 19.3 Å². The first-order valence-electron chi connectivity index (χ1n) is 8.24. The van der Waals surface area contributed by atoms with E-state index in [0.29, 0.717) is 11.8 Å². The zero-order valence-corrected chi connectivity index (χ0v) is 13.8. The minimum absolute atomic E-state index is 0.195. The molecule has 21 heavy (non-hydrogen) atoms. The summed E-state index contributed by atoms with van der Waals surface area (Å²) in [6, 6.07) is 0. The molecule has 1 heterocycles. The SMILES string of the molecule is CN(C)CCN(C)C[C@@H]1CN(C(=O)C2CCC2)C[C@@H]1CO. The number of rotatable bonds is 7. The van der Waals surface area contributed by atoms with Crippen LogP contribution in [-0.4, -0.2) is 86.2 Å². The second-order valence-electron chi connectivity index (χ2n) is 7.14. The summed E-state index contributed by atoms with van der Waals surface area (Å²) in [7, 11) is 6.30. The number of amides is 1. The minimum Gasteiger partial charge on any atom is -0.396 e. The van der Waals surface area contributed by atoms with Crippen LogP contribution in [0.15, 0.2) is 0 Å². The van der Waals surface area contributed by atoms with Crippen molar-refractivity contribution >= 4 is 5.91 Å². The highest BCUT2D eigenvalue weighted by Gasteiger charge is 2.38. The van der Waals surface area contributed by atoms with Crippen molar-refractivity contribution in [2.24, 2.45) is 17.8 Å². The maximum atomic E-state index is 12.4. The van der Waals surface area contributed by atoms with E-state index in [1.54, 1.807) is 0 Å². The monoisotopic (exact) mass is 297 g/mol. The molecule has 1 aliphatic carbocycles. The molecular formula is C16H31N3O2. The maximum absolute atomic E-state index is 12.4. The summed E-state index contributed by atoms with van der Waals surface area (Å²) in [5.74, 6) is 1.26. The summed E-state index contributed by atoms with van der Waals surface area (Å²) < 4.78 is 0. The highest BCUT2D eigenvalue weighted by atomic mass is 16.3. The van der Waals surface area contributed by atoms with Crippen LogP contribution in [-0.2, 0) is 4.79 Å². The third-order valence-electron chi connectivity index (χ3n) is 5.05. The Morgan fingerprint density at radius 1 is 1.14 bits per heavy atom. The van der Waals surface area contributed by atoms with Crippen molar-refractivity contribution in [3.05, 3.63) is 0 Å². The third kappa shape index (κ3) is 4.41. The molecule has 0 aromatic carbocycles. The van der Waals surface area contributed by atoms with Gasteiger partial charge < -0.3 is 19.8 Å². The lowest BCUT2D eigenvalue weighted by molar-refractivity contribution is -0.137. The minimum atomic E-state index is 0.195. The first-order chi connectivity index (χ1) is 10.0. The summed E-state index contributed by atoms with van der Waals surface area (Å²) in [6.07, 6.45) is 3.32. The van der Waals surface area contributed by atoms with Gasteiger partial charge in [0.05, 0.1) is 0 Å². The molecule has 122 valence electrons. The van der Waals surface area contributed by atoms with E-state index in [4.69, 9.17) is 0 Å². The Labute approximate surface area is 128 Å². The number of likely N-dealkylation sites (tertiary alicyclic amines) is 1. The average molecular weight is 297 g/mol. The van der Waals surface area contributed by atoms with E-state index >= 15 is 0 Å². The molecule has 2 rings (SSSR count). The second kappa shape index (κ2) is 7.56. The highest BCUT2D eigenvalue weighted by molar-refractivity contribution is 5.79. The van der Waals surface area contributed by atoms with Crippen molar-refractivity contribution in [1.29, 1.82) is 0 Å². The summed E-state index contributed by atoms with van der Waals surface area (Å²) in [5.41, 5.74) is 0. The molecular weight excluding hydrogens is 266 g/mol. The number of nitrogens with zero attached hydrogens (tertiary/aromatic N) is 3. The second-order valence-corrected chi connectivity index (χ2v) is 7.14. The number of hydrogen-bond donors (Lipinski definition) is 1. The molecule has 2 atom stereocenters. The van der Waals surface area contributed by atoms with E-state index in [2.05, 4.69) is 30.9 Å². The molecule has 5 nitrogen and oxygen atoms in total. The molecule has 0 aromatic heterocycles. The fraction of sp³-hybridized carbons (Fsp3) is 0.938. The Balaban J connectivity index is 1.82. The van der Waals surface area contributed by atoms with Gasteiger partial charge in [0.1, 0.15) is 0 Å². The Kier molecular flexibility index (Phi) is 6.02. The molecule has 1 saturated carbocycles. The van der Waals surface area contributed by atoms with E-state index in [0.717, 1.165) is 45.6 Å². The molecule has 1 saturated heterocycles. The van der Waals surface area contributed by atoms with Crippen molar-refractivity contribution in [3.8, 4) is 0 Å². The van der Waals surface area contributed by atoms with E-state index in [9.17, 15) is 9.90 Å². The standard InChI is InChI=1S/C16H31N3O2/c1-17(2)7-8-18(3)9-14-10-19(11-15(14)12-20)16(21)13-5-4-6-13/h13-15,20H,4-12H2,1-3H3/t14-,15-/m1/s1. The van der Waals surface area contributed by atoms with Crippen LogP contribution in [0.5, 0.6) is 0 Å². The number of carbonyl (C=O) groups is 1. The van der Waals surface area contributed by atoms with Gasteiger partial charge in [0, 0.05) is 51.2 Å². The van der Waals surface area contributed by atoms with Gasteiger partial charge in [-0.3, -0.25) is 4.79 Å². The molecule has 1 amide bonds. The fourth-order valence-electron chi connectivity index (χ4n) is 3.31. The molecule has 0 unspecified atom stereocenters. The topological polar surface area (TPSA) is 47.0 Å². The van der Waals surface area contributed by atoms with Gasteiger partial charge in [0.25, 0.3) is 0 Å². The van der Waals surface area contributed by atoms with Crippen LogP contribution in [0.1, 0.15) is 19.3 Å². The van der Waals surface area contributed by atoms with Gasteiger partial charge in [-0.1, -0.05) is 6.42 Å². The lowest BCUT2D eigenvalue weighted by Crippen LogP contribution is -2.38. The summed E-state index contributed by atoms with van der Waals surface area (Å²) >= 11 is 0. The summed E-state index contributed by atoms with van der Waals surface area (Å²) in [5, 5.41) is 9.61. The van der Waals surface area contributed by atoms with Crippen LogP contribution in [0.4, 0.5) is 0 Å². The van der Waals surface area contributed by atoms with Crippen LogP contribution in [0.3, 0.4) is 0 Å². The molecule has 0 radical (unpaired) electrons. The fourth-order valence-corrected chi connectivity index (χ4v) is 3.31. The van der Waals surface area contributed by atoms with Crippen LogP contribution < -0.4 is 0 Å². The van der Waals surface area contributed by atoms with Crippen LogP contribution in [0.25, 0.3) is 0 Å². The molecule has 1 aliphatic heterocycles. The largest absolute Gasteiger partial charge is 0.396 e. The summed E-state index contributed by atoms with van der Waals surface area (Å²) in [6.45, 7) is 4.80. The zero-order chi connectivity index (χ0) is 15.4. The van der Waals surface area contributed by atoms with Crippen LogP contribution >= 0.6 is 0 Å². The molecule has 0 spiro atoms. The van der Waals surface area contributed by atoms with Crippen molar-refractivity contribution in [1.82, 2.24) is 14.7 Å². The van der Waals surface area contributed by atoms with Crippen LogP contribution in [0, 0.1) is 17.8 Å². The molecule has 5 heteroatoms. The van der Waals surface area contributed by atoms with E-state index in [1.165, 1.54) is 6.42 Å². The Morgan fingerprint density at radius 3 is 2.33 bits per heavy atom. The van der Waals surface area contributed by atoms with Gasteiger partial charge in [0.15, 0.2) is 0 Å².